The third kappa shape index (κ3) is 1.77. The van der Waals surface area contributed by atoms with Gasteiger partial charge in [0.2, 0.25) is 0 Å². The highest BCUT2D eigenvalue weighted by atomic mass is 16.5. The lowest BCUT2D eigenvalue weighted by Gasteiger charge is -2.31. The summed E-state index contributed by atoms with van der Waals surface area (Å²) < 4.78 is 7.26. The van der Waals surface area contributed by atoms with Crippen molar-refractivity contribution < 1.29 is 4.74 Å². The summed E-state index contributed by atoms with van der Waals surface area (Å²) in [6, 6.07) is 7.88. The number of fused-ring (bicyclic) bond motifs is 2. The van der Waals surface area contributed by atoms with E-state index in [9.17, 15) is 4.79 Å². The van der Waals surface area contributed by atoms with Crippen molar-refractivity contribution in [3.05, 3.63) is 40.4 Å². The van der Waals surface area contributed by atoms with E-state index < -0.39 is 0 Å². The lowest BCUT2D eigenvalue weighted by molar-refractivity contribution is 0.0156. The van der Waals surface area contributed by atoms with Crippen LogP contribution in [0.4, 0.5) is 0 Å². The van der Waals surface area contributed by atoms with Crippen LogP contribution in [-0.2, 0) is 11.3 Å². The summed E-state index contributed by atoms with van der Waals surface area (Å²) in [5.74, 6) is 0.926. The molecule has 0 saturated carbocycles. The summed E-state index contributed by atoms with van der Waals surface area (Å²) in [7, 11) is 0. The summed E-state index contributed by atoms with van der Waals surface area (Å²) >= 11 is 0. The van der Waals surface area contributed by atoms with Crippen LogP contribution in [0.1, 0.15) is 18.3 Å². The van der Waals surface area contributed by atoms with Crippen molar-refractivity contribution in [3.63, 3.8) is 0 Å². The van der Waals surface area contributed by atoms with Gasteiger partial charge in [0.25, 0.3) is 5.56 Å². The predicted octanol–water partition coefficient (Wildman–Crippen LogP) is 1.17. The second kappa shape index (κ2) is 4.68. The number of hydrogen-bond donors (Lipinski definition) is 0. The van der Waals surface area contributed by atoms with E-state index in [-0.39, 0.29) is 11.6 Å². The summed E-state index contributed by atoms with van der Waals surface area (Å²) in [4.78, 5) is 19.7. The number of benzene rings is 1. The molecule has 0 spiro atoms. The molecule has 2 aromatic rings. The molecule has 0 radical (unpaired) electrons. The van der Waals surface area contributed by atoms with E-state index in [0.717, 1.165) is 56.0 Å². The minimum atomic E-state index is 0.0985. The Kier molecular flexibility index (Phi) is 2.82. The maximum absolute atomic E-state index is 12.5. The minimum Gasteiger partial charge on any atom is -0.379 e. The molecule has 1 atom stereocenters. The fraction of sp³-hybridized carbons (Fsp3) is 0.467. The maximum atomic E-state index is 12.5. The van der Waals surface area contributed by atoms with Crippen molar-refractivity contribution in [2.75, 3.05) is 26.3 Å². The van der Waals surface area contributed by atoms with E-state index in [1.807, 2.05) is 28.8 Å². The van der Waals surface area contributed by atoms with E-state index in [1.54, 1.807) is 0 Å². The van der Waals surface area contributed by atoms with E-state index in [2.05, 4.69) is 4.90 Å². The molecular weight excluding hydrogens is 254 g/mol. The Balaban J connectivity index is 1.82. The highest BCUT2D eigenvalue weighted by Crippen LogP contribution is 2.30. The number of aromatic nitrogens is 2. The molecule has 3 heterocycles. The van der Waals surface area contributed by atoms with Crippen molar-refractivity contribution in [3.8, 4) is 0 Å². The highest BCUT2D eigenvalue weighted by molar-refractivity contribution is 5.77. The van der Waals surface area contributed by atoms with Gasteiger partial charge in [-0.15, -0.1) is 0 Å². The highest BCUT2D eigenvalue weighted by Gasteiger charge is 2.31. The fourth-order valence-corrected chi connectivity index (χ4v) is 3.27. The average Bonchev–Trinajstić information content (AvgIpc) is 2.92. The molecule has 4 rings (SSSR count). The van der Waals surface area contributed by atoms with Crippen LogP contribution in [0.15, 0.2) is 29.1 Å². The quantitative estimate of drug-likeness (QED) is 0.781. The molecule has 2 aliphatic rings. The van der Waals surface area contributed by atoms with Crippen LogP contribution in [0, 0.1) is 0 Å². The lowest BCUT2D eigenvalue weighted by atomic mass is 10.2. The summed E-state index contributed by atoms with van der Waals surface area (Å²) in [5.41, 5.74) is 0.908. The molecule has 0 aliphatic carbocycles. The summed E-state index contributed by atoms with van der Waals surface area (Å²) in [5, 5.41) is 0.721. The van der Waals surface area contributed by atoms with Crippen LogP contribution < -0.4 is 5.56 Å². The molecule has 104 valence electrons. The van der Waals surface area contributed by atoms with E-state index in [4.69, 9.17) is 9.72 Å². The molecule has 5 heteroatoms. The van der Waals surface area contributed by atoms with Crippen molar-refractivity contribution >= 4 is 10.9 Å². The van der Waals surface area contributed by atoms with Crippen LogP contribution in [0.3, 0.4) is 0 Å². The average molecular weight is 271 g/mol. The van der Waals surface area contributed by atoms with E-state index in [1.165, 1.54) is 0 Å². The molecule has 2 aliphatic heterocycles. The van der Waals surface area contributed by atoms with Gasteiger partial charge in [-0.1, -0.05) is 12.1 Å². The largest absolute Gasteiger partial charge is 0.379 e. The Morgan fingerprint density at radius 2 is 1.95 bits per heavy atom. The molecule has 1 unspecified atom stereocenters. The molecule has 1 saturated heterocycles. The number of ether oxygens (including phenoxy) is 1. The van der Waals surface area contributed by atoms with Gasteiger partial charge in [-0.05, 0) is 18.6 Å². The maximum Gasteiger partial charge on any atom is 0.261 e. The van der Waals surface area contributed by atoms with Crippen LogP contribution >= 0.6 is 0 Å². The molecule has 1 aromatic carbocycles. The Bertz CT molecular complexity index is 704. The molecule has 0 bridgehead atoms. The zero-order chi connectivity index (χ0) is 13.5. The third-order valence-electron chi connectivity index (χ3n) is 4.30. The molecule has 5 nitrogen and oxygen atoms in total. The second-order valence-electron chi connectivity index (χ2n) is 5.40. The Morgan fingerprint density at radius 3 is 2.80 bits per heavy atom. The minimum absolute atomic E-state index is 0.0985. The van der Waals surface area contributed by atoms with Gasteiger partial charge in [-0.2, -0.15) is 0 Å². The van der Waals surface area contributed by atoms with E-state index >= 15 is 0 Å². The zero-order valence-corrected chi connectivity index (χ0v) is 11.3. The lowest BCUT2D eigenvalue weighted by Crippen LogP contribution is -2.39. The molecule has 0 N–H and O–H groups in total. The first-order valence-electron chi connectivity index (χ1n) is 7.16. The van der Waals surface area contributed by atoms with Gasteiger partial charge in [0, 0.05) is 19.6 Å². The van der Waals surface area contributed by atoms with Crippen molar-refractivity contribution in [2.45, 2.75) is 19.0 Å². The van der Waals surface area contributed by atoms with Gasteiger partial charge < -0.3 is 4.74 Å². The number of nitrogens with zero attached hydrogens (tertiary/aromatic N) is 3. The number of morpholine rings is 1. The predicted molar refractivity (Wildman–Crippen MR) is 75.8 cm³/mol. The van der Waals surface area contributed by atoms with Gasteiger partial charge in [0.15, 0.2) is 0 Å². The van der Waals surface area contributed by atoms with Crippen molar-refractivity contribution in [1.29, 1.82) is 0 Å². The first-order chi connectivity index (χ1) is 9.84. The van der Waals surface area contributed by atoms with Gasteiger partial charge in [0.1, 0.15) is 5.82 Å². The smallest absolute Gasteiger partial charge is 0.261 e. The van der Waals surface area contributed by atoms with Crippen LogP contribution in [0.2, 0.25) is 0 Å². The SMILES string of the molecule is O=c1c2ccccc2nc2n1CCC2N1CCOCC1. The number of para-hydroxylation sites is 1. The first-order valence-corrected chi connectivity index (χ1v) is 7.16. The van der Waals surface area contributed by atoms with Gasteiger partial charge in [0.05, 0.1) is 30.2 Å². The second-order valence-corrected chi connectivity index (χ2v) is 5.40. The topological polar surface area (TPSA) is 47.4 Å². The van der Waals surface area contributed by atoms with Crippen LogP contribution in [-0.4, -0.2) is 40.8 Å². The Hall–Kier alpha value is -1.72. The molecule has 20 heavy (non-hydrogen) atoms. The van der Waals surface area contributed by atoms with Gasteiger partial charge >= 0.3 is 0 Å². The Labute approximate surface area is 116 Å². The molecule has 1 aromatic heterocycles. The molecule has 1 fully saturated rings. The Morgan fingerprint density at radius 1 is 1.15 bits per heavy atom. The first kappa shape index (κ1) is 12.1. The normalized spacial score (nSPS) is 23.1. The molecule has 0 amide bonds. The monoisotopic (exact) mass is 271 g/mol. The standard InChI is InChI=1S/C15H17N3O2/c19-15-11-3-1-2-4-12(11)16-14-13(5-6-18(14)15)17-7-9-20-10-8-17/h1-4,13H,5-10H2. The summed E-state index contributed by atoms with van der Waals surface area (Å²) in [6.07, 6.45) is 0.971. The number of rotatable bonds is 1. The number of hydrogen-bond acceptors (Lipinski definition) is 4. The zero-order valence-electron chi connectivity index (χ0n) is 11.3. The van der Waals surface area contributed by atoms with Crippen LogP contribution in [0.25, 0.3) is 10.9 Å². The van der Waals surface area contributed by atoms with Crippen molar-refractivity contribution in [1.82, 2.24) is 14.5 Å². The van der Waals surface area contributed by atoms with Gasteiger partial charge in [-0.3, -0.25) is 14.3 Å². The van der Waals surface area contributed by atoms with Crippen LogP contribution in [0.5, 0.6) is 0 Å². The van der Waals surface area contributed by atoms with Crippen molar-refractivity contribution in [2.24, 2.45) is 0 Å². The molecular formula is C15H17N3O2. The van der Waals surface area contributed by atoms with E-state index in [0.29, 0.717) is 0 Å². The fourth-order valence-electron chi connectivity index (χ4n) is 3.27. The van der Waals surface area contributed by atoms with Gasteiger partial charge in [-0.25, -0.2) is 4.98 Å². The third-order valence-corrected chi connectivity index (χ3v) is 4.30. The summed E-state index contributed by atoms with van der Waals surface area (Å²) in [6.45, 7) is 4.16.